The average Bonchev–Trinajstić information content (AvgIpc) is 3.11. The summed E-state index contributed by atoms with van der Waals surface area (Å²) in [6, 6.07) is -2.12. The Hall–Kier alpha value is -2.51. The SMILES string of the molecule is N=C(NC(=O)c1cocn1)[C@@H]1CC[C@@H]2CN1C(=O)N2OS(=O)(=O)O. The van der Waals surface area contributed by atoms with Crippen molar-refractivity contribution in [3.8, 4) is 0 Å². The van der Waals surface area contributed by atoms with E-state index in [2.05, 4.69) is 19.0 Å². The van der Waals surface area contributed by atoms with Gasteiger partial charge in [-0.1, -0.05) is 0 Å². The van der Waals surface area contributed by atoms with Crippen LogP contribution in [0.4, 0.5) is 4.79 Å². The summed E-state index contributed by atoms with van der Waals surface area (Å²) >= 11 is 0. The Bertz CT molecular complexity index is 777. The van der Waals surface area contributed by atoms with Crippen LogP contribution >= 0.6 is 0 Å². The Morgan fingerprint density at radius 1 is 1.50 bits per heavy atom. The number of hydroxylamine groups is 2. The number of aromatic nitrogens is 1. The van der Waals surface area contributed by atoms with Gasteiger partial charge in [0.25, 0.3) is 5.91 Å². The molecule has 1 aromatic rings. The summed E-state index contributed by atoms with van der Waals surface area (Å²) in [6.45, 7) is 0.112. The standard InChI is InChI=1S/C11H13N5O7S/c12-9(14-10(17)7-4-22-5-13-7)8-2-1-6-3-15(8)11(18)16(6)23-24(19,20)21/h4-6,8H,1-3H2,(H2,12,14,17)(H,19,20,21)/t6-,8+/m1/s1. The first kappa shape index (κ1) is 16.4. The zero-order valence-electron chi connectivity index (χ0n) is 12.1. The molecule has 1 aromatic heterocycles. The van der Waals surface area contributed by atoms with Gasteiger partial charge in [-0.25, -0.2) is 9.78 Å². The second-order valence-electron chi connectivity index (χ2n) is 5.25. The van der Waals surface area contributed by atoms with Crippen molar-refractivity contribution in [2.24, 2.45) is 0 Å². The number of amidine groups is 1. The van der Waals surface area contributed by atoms with Crippen molar-refractivity contribution in [1.82, 2.24) is 20.3 Å². The van der Waals surface area contributed by atoms with Crippen molar-refractivity contribution < 1.29 is 31.3 Å². The summed E-state index contributed by atoms with van der Waals surface area (Å²) < 4.78 is 39.3. The van der Waals surface area contributed by atoms with Gasteiger partial charge in [0.2, 0.25) is 0 Å². The number of amides is 3. The van der Waals surface area contributed by atoms with Gasteiger partial charge in [0, 0.05) is 6.54 Å². The molecule has 2 bridgehead atoms. The molecule has 0 aliphatic carbocycles. The number of hydrogen-bond donors (Lipinski definition) is 3. The molecule has 0 radical (unpaired) electrons. The van der Waals surface area contributed by atoms with Crippen molar-refractivity contribution in [1.29, 1.82) is 5.41 Å². The van der Waals surface area contributed by atoms with E-state index in [1.54, 1.807) is 0 Å². The number of piperidine rings is 1. The summed E-state index contributed by atoms with van der Waals surface area (Å²) in [4.78, 5) is 28.9. The summed E-state index contributed by atoms with van der Waals surface area (Å²) in [6.07, 6.45) is 2.84. The van der Waals surface area contributed by atoms with Crippen LogP contribution in [0.1, 0.15) is 23.3 Å². The zero-order chi connectivity index (χ0) is 17.5. The molecular formula is C11H13N5O7S. The third-order valence-electron chi connectivity index (χ3n) is 3.74. The number of hydrogen-bond acceptors (Lipinski definition) is 8. The average molecular weight is 359 g/mol. The van der Waals surface area contributed by atoms with Gasteiger partial charge in [0.05, 0.1) is 12.1 Å². The Kier molecular flexibility index (Phi) is 3.98. The van der Waals surface area contributed by atoms with Crippen LogP contribution in [0.15, 0.2) is 17.1 Å². The maximum atomic E-state index is 12.2. The van der Waals surface area contributed by atoms with E-state index in [-0.39, 0.29) is 18.1 Å². The molecule has 0 aromatic carbocycles. The maximum Gasteiger partial charge on any atom is 0.418 e. The summed E-state index contributed by atoms with van der Waals surface area (Å²) in [5.74, 6) is -0.892. The summed E-state index contributed by atoms with van der Waals surface area (Å²) in [7, 11) is -4.83. The highest BCUT2D eigenvalue weighted by molar-refractivity contribution is 7.80. The fraction of sp³-hybridized carbons (Fsp3) is 0.455. The molecule has 0 spiro atoms. The molecule has 3 amide bonds. The second-order valence-corrected chi connectivity index (χ2v) is 6.26. The van der Waals surface area contributed by atoms with E-state index >= 15 is 0 Å². The largest absolute Gasteiger partial charge is 0.451 e. The van der Waals surface area contributed by atoms with Crippen LogP contribution in [0, 0.1) is 5.41 Å². The van der Waals surface area contributed by atoms with Crippen LogP contribution in [-0.2, 0) is 14.7 Å². The molecule has 13 heteroatoms. The number of rotatable bonds is 4. The van der Waals surface area contributed by atoms with Crippen molar-refractivity contribution in [2.45, 2.75) is 24.9 Å². The van der Waals surface area contributed by atoms with Gasteiger partial charge in [-0.3, -0.25) is 14.8 Å². The number of carbonyl (C=O) groups excluding carboxylic acids is 2. The molecular weight excluding hydrogens is 346 g/mol. The third kappa shape index (κ3) is 3.08. The smallest absolute Gasteiger partial charge is 0.418 e. The lowest BCUT2D eigenvalue weighted by Gasteiger charge is -2.30. The molecule has 0 unspecified atom stereocenters. The van der Waals surface area contributed by atoms with Crippen LogP contribution in [0.3, 0.4) is 0 Å². The molecule has 3 rings (SSSR count). The number of urea groups is 1. The van der Waals surface area contributed by atoms with E-state index in [1.165, 1.54) is 4.90 Å². The first-order chi connectivity index (χ1) is 11.3. The lowest BCUT2D eigenvalue weighted by molar-refractivity contribution is -0.0316. The van der Waals surface area contributed by atoms with E-state index in [0.717, 1.165) is 12.7 Å². The molecule has 0 saturated carbocycles. The monoisotopic (exact) mass is 359 g/mol. The van der Waals surface area contributed by atoms with Crippen molar-refractivity contribution in [2.75, 3.05) is 6.54 Å². The number of fused-ring (bicyclic) bond motifs is 2. The fourth-order valence-electron chi connectivity index (χ4n) is 2.73. The normalized spacial score (nSPS) is 23.5. The topological polar surface area (TPSA) is 166 Å². The van der Waals surface area contributed by atoms with E-state index in [1.807, 2.05) is 0 Å². The third-order valence-corrected chi connectivity index (χ3v) is 4.09. The van der Waals surface area contributed by atoms with Gasteiger partial charge < -0.3 is 14.6 Å². The predicted octanol–water partition coefficient (Wildman–Crippen LogP) is -0.615. The van der Waals surface area contributed by atoms with Crippen molar-refractivity contribution >= 4 is 28.2 Å². The van der Waals surface area contributed by atoms with Gasteiger partial charge in [0.15, 0.2) is 12.1 Å². The van der Waals surface area contributed by atoms with E-state index in [0.29, 0.717) is 17.9 Å². The number of nitrogens with zero attached hydrogens (tertiary/aromatic N) is 3. The Balaban J connectivity index is 1.69. The minimum atomic E-state index is -4.83. The highest BCUT2D eigenvalue weighted by atomic mass is 32.3. The fourth-order valence-corrected chi connectivity index (χ4v) is 3.11. The van der Waals surface area contributed by atoms with E-state index in [4.69, 9.17) is 9.96 Å². The maximum absolute atomic E-state index is 12.2. The highest BCUT2D eigenvalue weighted by Crippen LogP contribution is 2.30. The van der Waals surface area contributed by atoms with Crippen LogP contribution in [0.5, 0.6) is 0 Å². The Morgan fingerprint density at radius 3 is 2.88 bits per heavy atom. The predicted molar refractivity (Wildman–Crippen MR) is 75.1 cm³/mol. The van der Waals surface area contributed by atoms with Gasteiger partial charge in [-0.05, 0) is 12.8 Å². The van der Waals surface area contributed by atoms with Crippen LogP contribution in [0.2, 0.25) is 0 Å². The molecule has 24 heavy (non-hydrogen) atoms. The molecule has 2 fully saturated rings. The van der Waals surface area contributed by atoms with Crippen LogP contribution < -0.4 is 5.32 Å². The number of carbonyl (C=O) groups is 2. The van der Waals surface area contributed by atoms with Gasteiger partial charge in [0.1, 0.15) is 12.1 Å². The summed E-state index contributed by atoms with van der Waals surface area (Å²) in [5.41, 5.74) is -0.0162. The van der Waals surface area contributed by atoms with Gasteiger partial charge in [-0.2, -0.15) is 13.5 Å². The van der Waals surface area contributed by atoms with Gasteiger partial charge >= 0.3 is 16.4 Å². The molecule has 2 atom stereocenters. The highest BCUT2D eigenvalue weighted by Gasteiger charge is 2.48. The molecule has 12 nitrogen and oxygen atoms in total. The molecule has 2 saturated heterocycles. The zero-order valence-corrected chi connectivity index (χ0v) is 12.9. The second kappa shape index (κ2) is 5.85. The van der Waals surface area contributed by atoms with Crippen molar-refractivity contribution in [3.05, 3.63) is 18.4 Å². The first-order valence-electron chi connectivity index (χ1n) is 6.81. The summed E-state index contributed by atoms with van der Waals surface area (Å²) in [5, 5.41) is 10.9. The number of nitrogens with one attached hydrogen (secondary N) is 2. The molecule has 3 N–H and O–H groups in total. The van der Waals surface area contributed by atoms with Crippen LogP contribution in [0.25, 0.3) is 0 Å². The quantitative estimate of drug-likeness (QED) is 0.363. The molecule has 2 aliphatic heterocycles. The molecule has 2 aliphatic rings. The Labute approximate surface area is 135 Å². The minimum absolute atomic E-state index is 0.0162. The molecule has 130 valence electrons. The van der Waals surface area contributed by atoms with Crippen LogP contribution in [-0.4, -0.2) is 64.3 Å². The van der Waals surface area contributed by atoms with Crippen molar-refractivity contribution in [3.63, 3.8) is 0 Å². The van der Waals surface area contributed by atoms with E-state index < -0.39 is 34.4 Å². The first-order valence-corrected chi connectivity index (χ1v) is 8.17. The van der Waals surface area contributed by atoms with E-state index in [9.17, 15) is 18.0 Å². The minimum Gasteiger partial charge on any atom is -0.451 e. The number of oxazole rings is 1. The molecule has 3 heterocycles. The Morgan fingerprint density at radius 2 is 2.25 bits per heavy atom. The van der Waals surface area contributed by atoms with Gasteiger partial charge in [-0.15, -0.1) is 4.28 Å². The lowest BCUT2D eigenvalue weighted by atomic mass is 10.00. The lowest BCUT2D eigenvalue weighted by Crippen LogP contribution is -2.50.